The van der Waals surface area contributed by atoms with Crippen LogP contribution in [0.2, 0.25) is 0 Å². The van der Waals surface area contributed by atoms with Crippen molar-refractivity contribution in [2.24, 2.45) is 28.6 Å². The zero-order valence-electron chi connectivity index (χ0n) is 22.5. The first-order valence-corrected chi connectivity index (χ1v) is 14.6. The molecule has 5 fully saturated rings. The van der Waals surface area contributed by atoms with Crippen LogP contribution < -0.4 is 0 Å². The van der Waals surface area contributed by atoms with E-state index in [2.05, 4.69) is 6.92 Å². The summed E-state index contributed by atoms with van der Waals surface area (Å²) in [4.78, 5) is 24.8. The predicted octanol–water partition coefficient (Wildman–Crippen LogP) is 0.752. The van der Waals surface area contributed by atoms with Crippen LogP contribution in [0.5, 0.6) is 0 Å². The molecule has 5 N–H and O–H groups in total. The lowest BCUT2D eigenvalue weighted by molar-refractivity contribution is -0.291. The van der Waals surface area contributed by atoms with Gasteiger partial charge in [-0.05, 0) is 74.7 Å². The van der Waals surface area contributed by atoms with Crippen molar-refractivity contribution in [3.63, 3.8) is 0 Å². The molecule has 0 spiro atoms. The van der Waals surface area contributed by atoms with Gasteiger partial charge in [0.15, 0.2) is 6.29 Å². The highest BCUT2D eigenvalue weighted by Crippen LogP contribution is 2.70. The van der Waals surface area contributed by atoms with Crippen LogP contribution in [-0.4, -0.2) is 92.9 Å². The Bertz CT molecular complexity index is 1030. The van der Waals surface area contributed by atoms with Crippen molar-refractivity contribution >= 4 is 12.3 Å². The minimum Gasteiger partial charge on any atom is -0.458 e. The number of aliphatic hydroxyl groups excluding tert-OH is 3. The fourth-order valence-corrected chi connectivity index (χ4v) is 9.80. The summed E-state index contributed by atoms with van der Waals surface area (Å²) >= 11 is 0. The Balaban J connectivity index is 1.21. The summed E-state index contributed by atoms with van der Waals surface area (Å²) < 4.78 is 17.0. The highest BCUT2D eigenvalue weighted by atomic mass is 16.7. The Morgan fingerprint density at radius 1 is 1.08 bits per heavy atom. The van der Waals surface area contributed by atoms with E-state index >= 15 is 0 Å². The molecule has 4 aliphatic carbocycles. The van der Waals surface area contributed by atoms with E-state index in [1.807, 2.05) is 0 Å². The number of carbonyl (C=O) groups is 2. The number of rotatable bonds is 5. The zero-order valence-corrected chi connectivity index (χ0v) is 22.5. The summed E-state index contributed by atoms with van der Waals surface area (Å²) in [5.41, 5.74) is -2.76. The summed E-state index contributed by atoms with van der Waals surface area (Å²) in [6, 6.07) is 0. The molecule has 12 atom stereocenters. The van der Waals surface area contributed by atoms with Gasteiger partial charge in [-0.3, -0.25) is 0 Å². The van der Waals surface area contributed by atoms with E-state index in [1.54, 1.807) is 6.08 Å². The lowest BCUT2D eigenvalue weighted by Gasteiger charge is -2.65. The highest BCUT2D eigenvalue weighted by molar-refractivity contribution is 5.85. The minimum atomic E-state index is -1.29. The summed E-state index contributed by atoms with van der Waals surface area (Å²) in [6.45, 7) is 1.95. The van der Waals surface area contributed by atoms with Gasteiger partial charge in [0.1, 0.15) is 25.1 Å². The Kier molecular flexibility index (Phi) is 6.81. The third-order valence-electron chi connectivity index (χ3n) is 11.9. The van der Waals surface area contributed by atoms with Crippen molar-refractivity contribution in [3.05, 3.63) is 11.6 Å². The second-order valence-corrected chi connectivity index (χ2v) is 13.3. The van der Waals surface area contributed by atoms with Crippen molar-refractivity contribution in [1.29, 1.82) is 0 Å². The average molecular weight is 551 g/mol. The quantitative estimate of drug-likeness (QED) is 0.188. The third-order valence-corrected chi connectivity index (χ3v) is 11.9. The number of cyclic esters (lactones) is 1. The monoisotopic (exact) mass is 550 g/mol. The number of hydrogen-bond acceptors (Lipinski definition) is 10. The second kappa shape index (κ2) is 9.58. The maximum absolute atomic E-state index is 13.0. The van der Waals surface area contributed by atoms with E-state index < -0.39 is 59.3 Å². The summed E-state index contributed by atoms with van der Waals surface area (Å²) in [6.07, 6.45) is 3.01. The first-order valence-electron chi connectivity index (χ1n) is 14.6. The number of hydrogen-bond donors (Lipinski definition) is 5. The molecule has 0 amide bonds. The fraction of sp³-hybridized carbons (Fsp3) is 0.862. The first-order chi connectivity index (χ1) is 18.5. The summed E-state index contributed by atoms with van der Waals surface area (Å²) in [5, 5.41) is 54.1. The summed E-state index contributed by atoms with van der Waals surface area (Å²) in [5.74, 6) is -0.565. The average Bonchev–Trinajstić information content (AvgIpc) is 3.45. The van der Waals surface area contributed by atoms with Gasteiger partial charge in [0.05, 0.1) is 35.4 Å². The Morgan fingerprint density at radius 2 is 1.85 bits per heavy atom. The maximum Gasteiger partial charge on any atom is 0.331 e. The first kappa shape index (κ1) is 27.8. The third kappa shape index (κ3) is 3.93. The Morgan fingerprint density at radius 3 is 2.54 bits per heavy atom. The van der Waals surface area contributed by atoms with Gasteiger partial charge in [0, 0.05) is 24.3 Å². The van der Waals surface area contributed by atoms with Gasteiger partial charge in [-0.2, -0.15) is 0 Å². The van der Waals surface area contributed by atoms with Gasteiger partial charge in [-0.25, -0.2) is 4.79 Å². The molecule has 39 heavy (non-hydrogen) atoms. The molecule has 2 aliphatic heterocycles. The molecule has 0 aromatic rings. The fourth-order valence-electron chi connectivity index (χ4n) is 9.80. The smallest absolute Gasteiger partial charge is 0.331 e. The molecule has 4 saturated carbocycles. The molecule has 0 aromatic carbocycles. The molecule has 2 heterocycles. The topological polar surface area (TPSA) is 163 Å². The van der Waals surface area contributed by atoms with Crippen LogP contribution in [0.4, 0.5) is 0 Å². The molecule has 10 heteroatoms. The molecular weight excluding hydrogens is 508 g/mol. The van der Waals surface area contributed by atoms with Gasteiger partial charge in [-0.15, -0.1) is 0 Å². The molecule has 10 nitrogen and oxygen atoms in total. The van der Waals surface area contributed by atoms with Crippen LogP contribution in [0.1, 0.15) is 71.1 Å². The van der Waals surface area contributed by atoms with E-state index in [4.69, 9.17) is 14.2 Å². The standard InChI is InChI=1S/C29H42O10/c1-26-6-3-19-20(29(26,36)9-5-18(26)16-10-23(33)37-14-16)4-8-28(35)12-17(2-7-27(19,28)15-31)38-24-11-21(32)25(34)22(13-30)39-24/h10,15,17-22,24-25,30,32,34-36H,2-9,11-14H2,1H3/t17-,18+,19-,20+,21-,22+,24+,25-,26+,27-,28-,29-/m0/s1. The van der Waals surface area contributed by atoms with E-state index in [0.717, 1.165) is 18.3 Å². The van der Waals surface area contributed by atoms with Crippen LogP contribution in [0.15, 0.2) is 11.6 Å². The summed E-state index contributed by atoms with van der Waals surface area (Å²) in [7, 11) is 0. The molecule has 218 valence electrons. The molecule has 0 bridgehead atoms. The van der Waals surface area contributed by atoms with Crippen LogP contribution in [-0.2, 0) is 23.8 Å². The van der Waals surface area contributed by atoms with Gasteiger partial charge < -0.3 is 44.5 Å². The molecule has 6 rings (SSSR count). The van der Waals surface area contributed by atoms with E-state index in [1.165, 1.54) is 0 Å². The number of aldehydes is 1. The zero-order chi connectivity index (χ0) is 27.8. The largest absolute Gasteiger partial charge is 0.458 e. The number of esters is 1. The van der Waals surface area contributed by atoms with Gasteiger partial charge >= 0.3 is 5.97 Å². The molecule has 6 aliphatic rings. The number of ether oxygens (including phenoxy) is 3. The van der Waals surface area contributed by atoms with Gasteiger partial charge in [0.2, 0.25) is 0 Å². The van der Waals surface area contributed by atoms with Crippen molar-refractivity contribution in [3.8, 4) is 0 Å². The van der Waals surface area contributed by atoms with Crippen LogP contribution >= 0.6 is 0 Å². The van der Waals surface area contributed by atoms with Crippen molar-refractivity contribution < 1.29 is 49.3 Å². The SMILES string of the molecule is C[C@]12CC[C@H]3[C@@H](CC[C@]4(O)C[C@@H](O[C@H]5C[C@H](O)[C@H](O)[C@@H](CO)O5)CC[C@]34C=O)[C@@]1(O)CC[C@@H]2C1=CC(=O)OC1. The maximum atomic E-state index is 13.0. The van der Waals surface area contributed by atoms with E-state index in [9.17, 15) is 35.1 Å². The highest BCUT2D eigenvalue weighted by Gasteiger charge is 2.71. The molecule has 0 aromatic heterocycles. The van der Waals surface area contributed by atoms with Gasteiger partial charge in [0.25, 0.3) is 0 Å². The number of aliphatic hydroxyl groups is 5. The molecular formula is C29H42O10. The van der Waals surface area contributed by atoms with Crippen molar-refractivity contribution in [2.75, 3.05) is 13.2 Å². The lowest BCUT2D eigenvalue weighted by Crippen LogP contribution is -2.69. The predicted molar refractivity (Wildman–Crippen MR) is 135 cm³/mol. The van der Waals surface area contributed by atoms with Gasteiger partial charge in [-0.1, -0.05) is 6.92 Å². The Labute approximate surface area is 228 Å². The van der Waals surface area contributed by atoms with E-state index in [-0.39, 0.29) is 43.2 Å². The molecule has 1 saturated heterocycles. The van der Waals surface area contributed by atoms with E-state index in [0.29, 0.717) is 44.9 Å². The molecule has 0 radical (unpaired) electrons. The lowest BCUT2D eigenvalue weighted by atomic mass is 9.41. The number of carbonyl (C=O) groups excluding carboxylic acids is 2. The molecule has 0 unspecified atom stereocenters. The van der Waals surface area contributed by atoms with Crippen LogP contribution in [0.25, 0.3) is 0 Å². The normalized spacial score (nSPS) is 53.3. The Hall–Kier alpha value is -1.40. The number of fused-ring (bicyclic) bond motifs is 5. The second-order valence-electron chi connectivity index (χ2n) is 13.3. The van der Waals surface area contributed by atoms with Crippen LogP contribution in [0, 0.1) is 28.6 Å². The van der Waals surface area contributed by atoms with Crippen molar-refractivity contribution in [2.45, 2.75) is 113 Å². The minimum absolute atomic E-state index is 0.0516. The van der Waals surface area contributed by atoms with Crippen LogP contribution in [0.3, 0.4) is 0 Å². The van der Waals surface area contributed by atoms with Crippen molar-refractivity contribution in [1.82, 2.24) is 0 Å².